The standard InChI is InChI=1S/C9H6F2O4.CH4O5S/c10-9(11)15-8(14)6-4-2-1-3-5(6)7(12)13;1-5-6-7(2,3)4/h1-4,9H,(H,12,13);1H3,(H,2,3,4). The zero-order valence-corrected chi connectivity index (χ0v) is 11.6. The lowest BCUT2D eigenvalue weighted by Crippen LogP contribution is -2.14. The molecule has 0 saturated heterocycles. The molecule has 12 heteroatoms. The highest BCUT2D eigenvalue weighted by molar-refractivity contribution is 7.80. The second-order valence-electron chi connectivity index (χ2n) is 3.18. The lowest BCUT2D eigenvalue weighted by molar-refractivity contribution is -0.179. The third-order valence-corrected chi connectivity index (χ3v) is 2.04. The minimum atomic E-state index is -4.40. The molecular weight excluding hydrogens is 334 g/mol. The van der Waals surface area contributed by atoms with Crippen LogP contribution in [0.3, 0.4) is 0 Å². The Hall–Kier alpha value is -2.15. The van der Waals surface area contributed by atoms with Crippen LogP contribution >= 0.6 is 0 Å². The highest BCUT2D eigenvalue weighted by Gasteiger charge is 2.19. The van der Waals surface area contributed by atoms with Crippen LogP contribution in [0.25, 0.3) is 0 Å². The Morgan fingerprint density at radius 3 is 2.00 bits per heavy atom. The van der Waals surface area contributed by atoms with E-state index >= 15 is 0 Å². The molecule has 22 heavy (non-hydrogen) atoms. The Kier molecular flexibility index (Phi) is 8.11. The molecule has 0 spiro atoms. The van der Waals surface area contributed by atoms with E-state index in [0.29, 0.717) is 0 Å². The van der Waals surface area contributed by atoms with Crippen LogP contribution in [-0.2, 0) is 24.4 Å². The van der Waals surface area contributed by atoms with Crippen molar-refractivity contribution >= 4 is 22.3 Å². The number of aromatic carboxylic acids is 1. The average molecular weight is 344 g/mol. The quantitative estimate of drug-likeness (QED) is 0.348. The summed E-state index contributed by atoms with van der Waals surface area (Å²) in [6.07, 6.45) is 0. The van der Waals surface area contributed by atoms with E-state index in [9.17, 15) is 26.8 Å². The number of halogens is 2. The summed E-state index contributed by atoms with van der Waals surface area (Å²) in [6, 6.07) is 4.97. The Morgan fingerprint density at radius 1 is 1.18 bits per heavy atom. The van der Waals surface area contributed by atoms with E-state index in [2.05, 4.69) is 14.0 Å². The first-order valence-corrected chi connectivity index (χ1v) is 6.46. The molecule has 0 radical (unpaired) electrons. The first kappa shape index (κ1) is 19.9. The van der Waals surface area contributed by atoms with Crippen LogP contribution in [0.15, 0.2) is 24.3 Å². The van der Waals surface area contributed by atoms with Crippen LogP contribution < -0.4 is 0 Å². The van der Waals surface area contributed by atoms with Gasteiger partial charge in [0.25, 0.3) is 0 Å². The summed E-state index contributed by atoms with van der Waals surface area (Å²) in [4.78, 5) is 25.2. The van der Waals surface area contributed by atoms with Gasteiger partial charge in [0.2, 0.25) is 0 Å². The number of carboxylic acid groups (broad SMARTS) is 1. The van der Waals surface area contributed by atoms with Gasteiger partial charge >= 0.3 is 28.9 Å². The fourth-order valence-electron chi connectivity index (χ4n) is 1.08. The minimum absolute atomic E-state index is 0.372. The van der Waals surface area contributed by atoms with Crippen molar-refractivity contribution in [2.45, 2.75) is 6.61 Å². The van der Waals surface area contributed by atoms with Gasteiger partial charge < -0.3 is 9.84 Å². The molecule has 0 bridgehead atoms. The first-order valence-electron chi connectivity index (χ1n) is 5.09. The summed E-state index contributed by atoms with van der Waals surface area (Å²) in [6.45, 7) is -3.26. The molecule has 2 N–H and O–H groups in total. The molecule has 0 atom stereocenters. The largest absolute Gasteiger partial charge is 0.478 e. The number of carbonyl (C=O) groups is 2. The maximum absolute atomic E-state index is 11.7. The van der Waals surface area contributed by atoms with E-state index in [4.69, 9.17) is 9.66 Å². The van der Waals surface area contributed by atoms with Crippen molar-refractivity contribution in [3.05, 3.63) is 35.4 Å². The Bertz CT molecular complexity index is 615. The summed E-state index contributed by atoms with van der Waals surface area (Å²) in [5.41, 5.74) is -0.770. The highest BCUT2D eigenvalue weighted by Crippen LogP contribution is 2.12. The van der Waals surface area contributed by atoms with Crippen LogP contribution in [0.5, 0.6) is 0 Å². The average Bonchev–Trinajstić information content (AvgIpc) is 2.37. The zero-order chi connectivity index (χ0) is 17.3. The molecule has 0 heterocycles. The molecule has 0 aromatic heterocycles. The molecule has 1 rings (SSSR count). The topological polar surface area (TPSA) is 136 Å². The number of ether oxygens (including phenoxy) is 1. The lowest BCUT2D eigenvalue weighted by Gasteiger charge is -2.05. The fraction of sp³-hybridized carbons (Fsp3) is 0.200. The van der Waals surface area contributed by atoms with E-state index in [0.717, 1.165) is 19.2 Å². The molecule has 0 unspecified atom stereocenters. The number of carboxylic acids is 1. The zero-order valence-electron chi connectivity index (χ0n) is 10.8. The van der Waals surface area contributed by atoms with Gasteiger partial charge in [0, 0.05) is 0 Å². The van der Waals surface area contributed by atoms with Crippen molar-refractivity contribution in [2.75, 3.05) is 7.11 Å². The molecule has 1 aromatic carbocycles. The third-order valence-electron chi connectivity index (χ3n) is 1.73. The number of alkyl halides is 2. The van der Waals surface area contributed by atoms with Crippen molar-refractivity contribution in [1.29, 1.82) is 0 Å². The first-order chi connectivity index (χ1) is 10.1. The molecule has 0 saturated carbocycles. The van der Waals surface area contributed by atoms with Crippen molar-refractivity contribution in [1.82, 2.24) is 0 Å². The molecule has 9 nitrogen and oxygen atoms in total. The summed E-state index contributed by atoms with van der Waals surface area (Å²) in [5.74, 6) is -2.74. The normalized spacial score (nSPS) is 10.6. The van der Waals surface area contributed by atoms with Crippen LogP contribution in [0, 0.1) is 0 Å². The van der Waals surface area contributed by atoms with Gasteiger partial charge in [-0.15, -0.1) is 0 Å². The molecule has 1 aromatic rings. The molecule has 0 aliphatic carbocycles. The molecule has 0 fully saturated rings. The maximum Gasteiger partial charge on any atom is 0.424 e. The van der Waals surface area contributed by atoms with Crippen LogP contribution in [0.1, 0.15) is 20.7 Å². The summed E-state index contributed by atoms with van der Waals surface area (Å²) in [5, 5.41) is 8.65. The lowest BCUT2D eigenvalue weighted by atomic mass is 10.1. The number of hydrogen-bond donors (Lipinski definition) is 2. The highest BCUT2D eigenvalue weighted by atomic mass is 32.3. The van der Waals surface area contributed by atoms with Crippen LogP contribution in [0.4, 0.5) is 8.78 Å². The maximum atomic E-state index is 11.7. The monoisotopic (exact) mass is 344 g/mol. The van der Waals surface area contributed by atoms with Crippen molar-refractivity contribution in [3.63, 3.8) is 0 Å². The second-order valence-corrected chi connectivity index (χ2v) is 4.17. The molecule has 0 amide bonds. The van der Waals surface area contributed by atoms with E-state index < -0.39 is 34.5 Å². The predicted molar refractivity (Wildman–Crippen MR) is 64.5 cm³/mol. The van der Waals surface area contributed by atoms with E-state index in [1.54, 1.807) is 0 Å². The fourth-order valence-corrected chi connectivity index (χ4v) is 1.25. The number of esters is 1. The van der Waals surface area contributed by atoms with Crippen LogP contribution in [0.2, 0.25) is 0 Å². The number of rotatable bonds is 5. The van der Waals surface area contributed by atoms with E-state index in [1.807, 2.05) is 0 Å². The Balaban J connectivity index is 0.000000534. The molecule has 0 aliphatic rings. The number of hydrogen-bond acceptors (Lipinski definition) is 7. The van der Waals surface area contributed by atoms with Crippen molar-refractivity contribution < 1.29 is 50.4 Å². The number of carbonyl (C=O) groups excluding carboxylic acids is 1. The van der Waals surface area contributed by atoms with Crippen LogP contribution in [-0.4, -0.2) is 43.7 Å². The van der Waals surface area contributed by atoms with Gasteiger partial charge in [-0.2, -0.15) is 17.2 Å². The van der Waals surface area contributed by atoms with E-state index in [1.165, 1.54) is 12.1 Å². The van der Waals surface area contributed by atoms with Gasteiger partial charge in [0.15, 0.2) is 0 Å². The Morgan fingerprint density at radius 2 is 1.68 bits per heavy atom. The molecule has 0 aliphatic heterocycles. The summed E-state index contributed by atoms with van der Waals surface area (Å²) >= 11 is 0. The van der Waals surface area contributed by atoms with Gasteiger partial charge in [0.05, 0.1) is 18.2 Å². The van der Waals surface area contributed by atoms with Gasteiger partial charge in [-0.1, -0.05) is 16.5 Å². The smallest absolute Gasteiger partial charge is 0.424 e. The third kappa shape index (κ3) is 8.21. The SMILES string of the molecule is COOS(=O)(=O)O.O=C(O)c1ccccc1C(=O)OC(F)F. The van der Waals surface area contributed by atoms with Gasteiger partial charge in [-0.05, 0) is 12.1 Å². The van der Waals surface area contributed by atoms with Gasteiger partial charge in [0.1, 0.15) is 0 Å². The second kappa shape index (κ2) is 8.99. The molecule has 124 valence electrons. The number of benzene rings is 1. The molecular formula is C10H10F2O9S. The van der Waals surface area contributed by atoms with Gasteiger partial charge in [-0.3, -0.25) is 4.55 Å². The predicted octanol–water partition coefficient (Wildman–Crippen LogP) is 1.13. The van der Waals surface area contributed by atoms with Crippen molar-refractivity contribution in [2.24, 2.45) is 0 Å². The van der Waals surface area contributed by atoms with E-state index in [-0.39, 0.29) is 5.56 Å². The summed E-state index contributed by atoms with van der Waals surface area (Å²) in [7, 11) is -3.43. The van der Waals surface area contributed by atoms with Gasteiger partial charge in [-0.25, -0.2) is 14.5 Å². The summed E-state index contributed by atoms with van der Waals surface area (Å²) < 4.78 is 56.8. The Labute approximate surface area is 122 Å². The minimum Gasteiger partial charge on any atom is -0.478 e. The van der Waals surface area contributed by atoms with Crippen molar-refractivity contribution in [3.8, 4) is 0 Å².